The Morgan fingerprint density at radius 3 is 2.50 bits per heavy atom. The van der Waals surface area contributed by atoms with E-state index in [1.54, 1.807) is 17.8 Å². The highest BCUT2D eigenvalue weighted by Crippen LogP contribution is 2.09. The molecule has 0 amide bonds. The molecule has 0 fully saturated rings. The van der Waals surface area contributed by atoms with E-state index in [2.05, 4.69) is 0 Å². The predicted octanol–water partition coefficient (Wildman–Crippen LogP) is 1.28. The zero-order valence-corrected chi connectivity index (χ0v) is 6.85. The summed E-state index contributed by atoms with van der Waals surface area (Å²) in [5, 5.41) is 9.13. The van der Waals surface area contributed by atoms with Gasteiger partial charge in [-0.15, -0.1) is 0 Å². The largest absolute Gasteiger partial charge is 0.493 e. The highest BCUT2D eigenvalue weighted by Gasteiger charge is 1.99. The van der Waals surface area contributed by atoms with Crippen molar-refractivity contribution in [2.75, 3.05) is 0 Å². The van der Waals surface area contributed by atoms with E-state index < -0.39 is 0 Å². The highest BCUT2D eigenvalue weighted by atomic mass is 32.1. The summed E-state index contributed by atoms with van der Waals surface area (Å²) >= 11 is 4.98. The lowest BCUT2D eigenvalue weighted by Crippen LogP contribution is -1.94. The monoisotopic (exact) mass is 158 g/mol. The van der Waals surface area contributed by atoms with Crippen molar-refractivity contribution in [2.45, 2.75) is 13.5 Å². The lowest BCUT2D eigenvalue weighted by Gasteiger charge is -1.92. The number of hydrogen-bond donors (Lipinski definition) is 1. The Hall–Kier alpha value is -0.770. The molecule has 0 saturated carbocycles. The Bertz CT molecular complexity index is 286. The Kier molecular flexibility index (Phi) is 1.80. The van der Waals surface area contributed by atoms with Crippen LogP contribution in [-0.4, -0.2) is 14.2 Å². The van der Waals surface area contributed by atoms with E-state index in [1.807, 2.05) is 11.5 Å². The maximum Gasteiger partial charge on any atom is 0.209 e. The minimum Gasteiger partial charge on any atom is -0.493 e. The minimum atomic E-state index is 0.215. The molecular weight excluding hydrogens is 148 g/mol. The summed E-state index contributed by atoms with van der Waals surface area (Å²) in [6.07, 6.45) is 1.63. The lowest BCUT2D eigenvalue weighted by molar-refractivity contribution is 0.431. The van der Waals surface area contributed by atoms with Crippen molar-refractivity contribution < 1.29 is 5.11 Å². The number of imidazole rings is 1. The minimum absolute atomic E-state index is 0.215. The SMILES string of the molecule is CCn1cc(O)n(C)c1=S. The fourth-order valence-electron chi connectivity index (χ4n) is 0.798. The van der Waals surface area contributed by atoms with Gasteiger partial charge in [0.25, 0.3) is 0 Å². The molecule has 0 saturated heterocycles. The molecule has 1 aromatic rings. The molecule has 0 bridgehead atoms. The van der Waals surface area contributed by atoms with Gasteiger partial charge in [-0.1, -0.05) is 0 Å². The van der Waals surface area contributed by atoms with Crippen molar-refractivity contribution in [1.29, 1.82) is 0 Å². The number of hydrogen-bond acceptors (Lipinski definition) is 2. The molecule has 0 aliphatic rings. The van der Waals surface area contributed by atoms with Crippen LogP contribution >= 0.6 is 12.2 Å². The van der Waals surface area contributed by atoms with Crippen molar-refractivity contribution in [1.82, 2.24) is 9.13 Å². The van der Waals surface area contributed by atoms with Crippen LogP contribution in [0.3, 0.4) is 0 Å². The lowest BCUT2D eigenvalue weighted by atomic mass is 10.7. The molecule has 4 heteroatoms. The molecule has 0 aliphatic heterocycles. The molecule has 10 heavy (non-hydrogen) atoms. The molecule has 56 valence electrons. The summed E-state index contributed by atoms with van der Waals surface area (Å²) in [6, 6.07) is 0. The third-order valence-electron chi connectivity index (χ3n) is 1.49. The highest BCUT2D eigenvalue weighted by molar-refractivity contribution is 7.71. The summed E-state index contributed by atoms with van der Waals surface area (Å²) < 4.78 is 4.03. The van der Waals surface area contributed by atoms with Gasteiger partial charge in [-0.3, -0.25) is 4.57 Å². The normalized spacial score (nSPS) is 10.2. The molecule has 1 rings (SSSR count). The van der Waals surface area contributed by atoms with E-state index in [9.17, 15) is 0 Å². The maximum atomic E-state index is 9.13. The quantitative estimate of drug-likeness (QED) is 0.624. The van der Waals surface area contributed by atoms with Gasteiger partial charge in [0, 0.05) is 13.6 Å². The topological polar surface area (TPSA) is 30.1 Å². The average Bonchev–Trinajstić information content (AvgIpc) is 2.17. The second-order valence-electron chi connectivity index (χ2n) is 2.11. The number of rotatable bonds is 1. The van der Waals surface area contributed by atoms with Gasteiger partial charge in [0.15, 0.2) is 4.77 Å². The number of aryl methyl sites for hydroxylation is 1. The van der Waals surface area contributed by atoms with Gasteiger partial charge in [-0.2, -0.15) is 0 Å². The Labute approximate surface area is 64.5 Å². The second-order valence-corrected chi connectivity index (χ2v) is 2.48. The molecule has 0 radical (unpaired) electrons. The van der Waals surface area contributed by atoms with Gasteiger partial charge in [0.05, 0.1) is 6.20 Å². The second kappa shape index (κ2) is 2.46. The number of aromatic hydroxyl groups is 1. The third-order valence-corrected chi connectivity index (χ3v) is 2.00. The molecule has 0 spiro atoms. The van der Waals surface area contributed by atoms with Crippen molar-refractivity contribution in [3.63, 3.8) is 0 Å². The van der Waals surface area contributed by atoms with Crippen molar-refractivity contribution in [2.24, 2.45) is 7.05 Å². The van der Waals surface area contributed by atoms with Gasteiger partial charge in [0.2, 0.25) is 5.88 Å². The van der Waals surface area contributed by atoms with Crippen LogP contribution in [0, 0.1) is 4.77 Å². The van der Waals surface area contributed by atoms with Crippen LogP contribution in [0.15, 0.2) is 6.20 Å². The molecule has 0 atom stereocenters. The van der Waals surface area contributed by atoms with Crippen molar-refractivity contribution in [3.8, 4) is 5.88 Å². The first-order chi connectivity index (χ1) is 4.66. The van der Waals surface area contributed by atoms with E-state index in [-0.39, 0.29) is 5.88 Å². The summed E-state index contributed by atoms with van der Waals surface area (Å²) in [5.41, 5.74) is 0. The van der Waals surface area contributed by atoms with Crippen molar-refractivity contribution >= 4 is 12.2 Å². The predicted molar refractivity (Wildman–Crippen MR) is 41.6 cm³/mol. The first-order valence-electron chi connectivity index (χ1n) is 3.12. The standard InChI is InChI=1S/C6H10N2OS/c1-3-8-4-5(9)7(2)6(8)10/h4,9H,3H2,1-2H3. The first-order valence-corrected chi connectivity index (χ1v) is 3.52. The summed E-state index contributed by atoms with van der Waals surface area (Å²) in [4.78, 5) is 0. The van der Waals surface area contributed by atoms with Gasteiger partial charge in [-0.05, 0) is 19.1 Å². The van der Waals surface area contributed by atoms with E-state index in [0.717, 1.165) is 6.54 Å². The van der Waals surface area contributed by atoms with Gasteiger partial charge < -0.3 is 9.67 Å². The van der Waals surface area contributed by atoms with E-state index in [1.165, 1.54) is 0 Å². The molecule has 0 aliphatic carbocycles. The Morgan fingerprint density at radius 2 is 2.30 bits per heavy atom. The smallest absolute Gasteiger partial charge is 0.209 e. The zero-order chi connectivity index (χ0) is 7.72. The molecule has 3 nitrogen and oxygen atoms in total. The molecule has 0 unspecified atom stereocenters. The first kappa shape index (κ1) is 7.34. The number of nitrogens with zero attached hydrogens (tertiary/aromatic N) is 2. The molecule has 1 N–H and O–H groups in total. The van der Waals surface area contributed by atoms with E-state index >= 15 is 0 Å². The molecule has 1 aromatic heterocycles. The van der Waals surface area contributed by atoms with Crippen LogP contribution in [0.2, 0.25) is 0 Å². The van der Waals surface area contributed by atoms with Crippen LogP contribution in [0.1, 0.15) is 6.92 Å². The van der Waals surface area contributed by atoms with Crippen LogP contribution in [0.25, 0.3) is 0 Å². The van der Waals surface area contributed by atoms with Crippen LogP contribution in [0.5, 0.6) is 5.88 Å². The number of aromatic nitrogens is 2. The Balaban J connectivity index is 3.31. The van der Waals surface area contributed by atoms with Gasteiger partial charge >= 0.3 is 0 Å². The zero-order valence-electron chi connectivity index (χ0n) is 6.03. The van der Waals surface area contributed by atoms with Crippen molar-refractivity contribution in [3.05, 3.63) is 11.0 Å². The van der Waals surface area contributed by atoms with Crippen LogP contribution in [-0.2, 0) is 13.6 Å². The van der Waals surface area contributed by atoms with E-state index in [4.69, 9.17) is 17.3 Å². The fourth-order valence-corrected chi connectivity index (χ4v) is 1.07. The van der Waals surface area contributed by atoms with Gasteiger partial charge in [0.1, 0.15) is 0 Å². The Morgan fingerprint density at radius 1 is 1.70 bits per heavy atom. The molecular formula is C6H10N2OS. The average molecular weight is 158 g/mol. The summed E-state index contributed by atoms with van der Waals surface area (Å²) in [7, 11) is 1.74. The van der Waals surface area contributed by atoms with Gasteiger partial charge in [-0.25, -0.2) is 0 Å². The summed E-state index contributed by atoms with van der Waals surface area (Å²) in [5.74, 6) is 0.215. The fraction of sp³-hybridized carbons (Fsp3) is 0.500. The molecule has 1 heterocycles. The van der Waals surface area contributed by atoms with Crippen LogP contribution in [0.4, 0.5) is 0 Å². The van der Waals surface area contributed by atoms with E-state index in [0.29, 0.717) is 4.77 Å². The molecule has 0 aromatic carbocycles. The van der Waals surface area contributed by atoms with Crippen LogP contribution < -0.4 is 0 Å². The summed E-state index contributed by atoms with van der Waals surface area (Å²) in [6.45, 7) is 2.78. The maximum absolute atomic E-state index is 9.13. The third kappa shape index (κ3) is 0.945.